The molecule has 2 unspecified atom stereocenters. The van der Waals surface area contributed by atoms with E-state index in [1.165, 1.54) is 38.9 Å². The van der Waals surface area contributed by atoms with E-state index in [1.54, 1.807) is 0 Å². The number of hydrogen-bond acceptors (Lipinski definition) is 2. The van der Waals surface area contributed by atoms with Crippen LogP contribution in [0.1, 0.15) is 19.3 Å². The summed E-state index contributed by atoms with van der Waals surface area (Å²) in [5.41, 5.74) is 0.634. The van der Waals surface area contributed by atoms with Gasteiger partial charge in [-0.15, -0.1) is 12.4 Å². The van der Waals surface area contributed by atoms with Crippen LogP contribution < -0.4 is 10.6 Å². The topological polar surface area (TPSA) is 24.1 Å². The van der Waals surface area contributed by atoms with E-state index in [0.29, 0.717) is 5.41 Å². The summed E-state index contributed by atoms with van der Waals surface area (Å²) in [6.45, 7) is 3.73. The maximum absolute atomic E-state index is 3.51. The van der Waals surface area contributed by atoms with Crippen molar-refractivity contribution < 1.29 is 0 Å². The Morgan fingerprint density at radius 3 is 3.17 bits per heavy atom. The number of nitrogens with one attached hydrogen (secondary N) is 2. The summed E-state index contributed by atoms with van der Waals surface area (Å²) >= 11 is 0. The summed E-state index contributed by atoms with van der Waals surface area (Å²) in [4.78, 5) is 0. The average molecular weight is 191 g/mol. The summed E-state index contributed by atoms with van der Waals surface area (Å²) in [5.74, 6) is 0.968. The molecule has 0 spiro atoms. The molecular formula is C9H19ClN2. The minimum atomic E-state index is 0. The largest absolute Gasteiger partial charge is 0.319 e. The molecule has 1 heterocycles. The second kappa shape index (κ2) is 3.95. The highest BCUT2D eigenvalue weighted by molar-refractivity contribution is 5.85. The standard InChI is InChI=1S/C9H18N2.ClH/c1-10-6-9-4-2-3-8(9)5-11-7-9;/h8,10-11H,2-7H2,1H3;1H. The van der Waals surface area contributed by atoms with Crippen LogP contribution in [-0.2, 0) is 0 Å². The van der Waals surface area contributed by atoms with E-state index in [-0.39, 0.29) is 12.4 Å². The van der Waals surface area contributed by atoms with Gasteiger partial charge in [0, 0.05) is 13.1 Å². The van der Waals surface area contributed by atoms with Gasteiger partial charge in [-0.05, 0) is 37.8 Å². The highest BCUT2D eigenvalue weighted by Crippen LogP contribution is 2.44. The van der Waals surface area contributed by atoms with Crippen molar-refractivity contribution >= 4 is 12.4 Å². The van der Waals surface area contributed by atoms with Gasteiger partial charge in [-0.3, -0.25) is 0 Å². The first-order chi connectivity index (χ1) is 5.37. The van der Waals surface area contributed by atoms with Gasteiger partial charge in [0.05, 0.1) is 0 Å². The van der Waals surface area contributed by atoms with Crippen molar-refractivity contribution in [3.8, 4) is 0 Å². The minimum Gasteiger partial charge on any atom is -0.319 e. The van der Waals surface area contributed by atoms with Crippen LogP contribution in [0.3, 0.4) is 0 Å². The first kappa shape index (κ1) is 10.3. The molecule has 0 amide bonds. The normalized spacial score (nSPS) is 39.2. The first-order valence-corrected chi connectivity index (χ1v) is 4.73. The first-order valence-electron chi connectivity index (χ1n) is 4.73. The van der Waals surface area contributed by atoms with Gasteiger partial charge in [-0.2, -0.15) is 0 Å². The van der Waals surface area contributed by atoms with Gasteiger partial charge in [0.2, 0.25) is 0 Å². The van der Waals surface area contributed by atoms with Gasteiger partial charge >= 0.3 is 0 Å². The number of rotatable bonds is 2. The maximum atomic E-state index is 3.51. The molecule has 1 saturated carbocycles. The van der Waals surface area contributed by atoms with Crippen LogP contribution in [0.4, 0.5) is 0 Å². The molecule has 2 rings (SSSR count). The molecule has 12 heavy (non-hydrogen) atoms. The van der Waals surface area contributed by atoms with E-state index in [0.717, 1.165) is 5.92 Å². The molecule has 2 nitrogen and oxygen atoms in total. The molecule has 0 aromatic rings. The Morgan fingerprint density at radius 2 is 2.42 bits per heavy atom. The predicted molar refractivity (Wildman–Crippen MR) is 53.8 cm³/mol. The molecule has 2 N–H and O–H groups in total. The molecule has 0 radical (unpaired) electrons. The summed E-state index contributed by atoms with van der Waals surface area (Å²) in [6.07, 6.45) is 4.34. The predicted octanol–water partition coefficient (Wildman–Crippen LogP) is 1.02. The molecule has 3 heteroatoms. The molecule has 1 aliphatic carbocycles. The zero-order valence-electron chi connectivity index (χ0n) is 7.73. The quantitative estimate of drug-likeness (QED) is 0.680. The third kappa shape index (κ3) is 1.48. The van der Waals surface area contributed by atoms with E-state index in [4.69, 9.17) is 0 Å². The van der Waals surface area contributed by atoms with E-state index in [1.807, 2.05) is 0 Å². The SMILES string of the molecule is CNCC12CCCC1CNC2.Cl. The zero-order valence-corrected chi connectivity index (χ0v) is 8.54. The van der Waals surface area contributed by atoms with Crippen molar-refractivity contribution in [2.75, 3.05) is 26.7 Å². The maximum Gasteiger partial charge on any atom is 0.00232 e. The Labute approximate surface area is 80.9 Å². The van der Waals surface area contributed by atoms with Gasteiger partial charge in [0.15, 0.2) is 0 Å². The Bertz CT molecular complexity index is 139. The molecule has 0 bridgehead atoms. The van der Waals surface area contributed by atoms with Crippen molar-refractivity contribution in [1.82, 2.24) is 10.6 Å². The van der Waals surface area contributed by atoms with E-state index in [2.05, 4.69) is 17.7 Å². The third-order valence-corrected chi connectivity index (χ3v) is 3.49. The fourth-order valence-corrected chi connectivity index (χ4v) is 2.90. The molecule has 0 aromatic heterocycles. The minimum absolute atomic E-state index is 0. The van der Waals surface area contributed by atoms with Crippen molar-refractivity contribution in [3.05, 3.63) is 0 Å². The van der Waals surface area contributed by atoms with Crippen LogP contribution in [-0.4, -0.2) is 26.7 Å². The molecule has 2 fully saturated rings. The van der Waals surface area contributed by atoms with Crippen molar-refractivity contribution in [2.45, 2.75) is 19.3 Å². The van der Waals surface area contributed by atoms with Crippen LogP contribution in [0.2, 0.25) is 0 Å². The second-order valence-electron chi connectivity index (χ2n) is 4.11. The molecular weight excluding hydrogens is 172 g/mol. The molecule has 2 aliphatic rings. The molecule has 72 valence electrons. The van der Waals surface area contributed by atoms with Crippen molar-refractivity contribution in [3.63, 3.8) is 0 Å². The Kier molecular flexibility index (Phi) is 3.38. The third-order valence-electron chi connectivity index (χ3n) is 3.49. The molecule has 1 aliphatic heterocycles. The smallest absolute Gasteiger partial charge is 0.00232 e. The fourth-order valence-electron chi connectivity index (χ4n) is 2.90. The van der Waals surface area contributed by atoms with E-state index in [9.17, 15) is 0 Å². The average Bonchev–Trinajstić information content (AvgIpc) is 2.45. The highest BCUT2D eigenvalue weighted by atomic mass is 35.5. The lowest BCUT2D eigenvalue weighted by Gasteiger charge is -2.27. The van der Waals surface area contributed by atoms with Gasteiger partial charge in [0.25, 0.3) is 0 Å². The summed E-state index contributed by atoms with van der Waals surface area (Å²) in [7, 11) is 2.07. The lowest BCUT2D eigenvalue weighted by molar-refractivity contribution is 0.263. The van der Waals surface area contributed by atoms with Gasteiger partial charge in [-0.1, -0.05) is 6.42 Å². The highest BCUT2D eigenvalue weighted by Gasteiger charge is 2.45. The van der Waals surface area contributed by atoms with Gasteiger partial charge in [-0.25, -0.2) is 0 Å². The van der Waals surface area contributed by atoms with Crippen LogP contribution in [0.15, 0.2) is 0 Å². The molecule has 0 aromatic carbocycles. The Hall–Kier alpha value is 0.210. The van der Waals surface area contributed by atoms with Gasteiger partial charge < -0.3 is 10.6 Å². The number of halogens is 1. The Balaban J connectivity index is 0.000000720. The summed E-state index contributed by atoms with van der Waals surface area (Å²) in [6, 6.07) is 0. The lowest BCUT2D eigenvalue weighted by atomic mass is 9.81. The number of hydrogen-bond donors (Lipinski definition) is 2. The van der Waals surface area contributed by atoms with E-state index >= 15 is 0 Å². The van der Waals surface area contributed by atoms with Crippen LogP contribution in [0, 0.1) is 11.3 Å². The van der Waals surface area contributed by atoms with E-state index < -0.39 is 0 Å². The zero-order chi connectivity index (χ0) is 7.73. The summed E-state index contributed by atoms with van der Waals surface area (Å²) < 4.78 is 0. The number of fused-ring (bicyclic) bond motifs is 1. The lowest BCUT2D eigenvalue weighted by Crippen LogP contribution is -2.36. The summed E-state index contributed by atoms with van der Waals surface area (Å²) in [5, 5.41) is 6.84. The van der Waals surface area contributed by atoms with Crippen molar-refractivity contribution in [2.24, 2.45) is 11.3 Å². The van der Waals surface area contributed by atoms with Crippen LogP contribution in [0.25, 0.3) is 0 Å². The van der Waals surface area contributed by atoms with Crippen LogP contribution >= 0.6 is 12.4 Å². The Morgan fingerprint density at radius 1 is 1.58 bits per heavy atom. The monoisotopic (exact) mass is 190 g/mol. The molecule has 2 atom stereocenters. The second-order valence-corrected chi connectivity index (χ2v) is 4.11. The van der Waals surface area contributed by atoms with Crippen LogP contribution in [0.5, 0.6) is 0 Å². The van der Waals surface area contributed by atoms with Gasteiger partial charge in [0.1, 0.15) is 0 Å². The van der Waals surface area contributed by atoms with Crippen molar-refractivity contribution in [1.29, 1.82) is 0 Å². The molecule has 1 saturated heterocycles. The fraction of sp³-hybridized carbons (Fsp3) is 1.00.